The number of likely N-dealkylation sites (tertiary alicyclic amines) is 1. The molecule has 3 heterocycles. The van der Waals surface area contributed by atoms with Gasteiger partial charge in [0.05, 0.1) is 7.11 Å². The number of nitrogens with one attached hydrogen (secondary N) is 1. The number of aromatic amines is 1. The molecule has 1 fully saturated rings. The lowest BCUT2D eigenvalue weighted by atomic mass is 10.0. The summed E-state index contributed by atoms with van der Waals surface area (Å²) >= 11 is 0. The molecule has 2 aromatic rings. The molecule has 1 atom stereocenters. The molecule has 1 aliphatic heterocycles. The van der Waals surface area contributed by atoms with Gasteiger partial charge in [-0.05, 0) is 51.6 Å². The van der Waals surface area contributed by atoms with Crippen LogP contribution < -0.4 is 15.2 Å². The summed E-state index contributed by atoms with van der Waals surface area (Å²) in [6.45, 7) is 4.79. The quantitative estimate of drug-likeness (QED) is 0.636. The Labute approximate surface area is 189 Å². The van der Waals surface area contributed by atoms with E-state index in [4.69, 9.17) is 4.74 Å². The summed E-state index contributed by atoms with van der Waals surface area (Å²) in [7, 11) is 5.52. The number of aromatic nitrogens is 2. The zero-order valence-corrected chi connectivity index (χ0v) is 19.4. The molecule has 8 nitrogen and oxygen atoms in total. The van der Waals surface area contributed by atoms with Crippen molar-refractivity contribution < 1.29 is 9.53 Å². The molecule has 2 aromatic heterocycles. The first-order chi connectivity index (χ1) is 15.4. The van der Waals surface area contributed by atoms with Crippen molar-refractivity contribution in [3.8, 4) is 17.0 Å². The second-order valence-corrected chi connectivity index (χ2v) is 8.22. The van der Waals surface area contributed by atoms with Crippen LogP contribution >= 0.6 is 0 Å². The van der Waals surface area contributed by atoms with E-state index in [0.717, 1.165) is 37.1 Å². The van der Waals surface area contributed by atoms with Gasteiger partial charge < -0.3 is 24.4 Å². The first kappa shape index (κ1) is 23.5. The number of nitrogens with zero attached hydrogens (tertiary/aromatic N) is 4. The van der Waals surface area contributed by atoms with Gasteiger partial charge in [-0.15, -0.1) is 0 Å². The van der Waals surface area contributed by atoms with Gasteiger partial charge in [0.15, 0.2) is 0 Å². The van der Waals surface area contributed by atoms with Crippen LogP contribution in [0.3, 0.4) is 0 Å². The van der Waals surface area contributed by atoms with E-state index in [1.54, 1.807) is 25.6 Å². The normalized spacial score (nSPS) is 16.5. The molecule has 0 unspecified atom stereocenters. The lowest BCUT2D eigenvalue weighted by Gasteiger charge is -2.39. The lowest BCUT2D eigenvalue weighted by Crippen LogP contribution is -2.50. The highest BCUT2D eigenvalue weighted by Crippen LogP contribution is 2.26. The molecule has 0 radical (unpaired) electrons. The van der Waals surface area contributed by atoms with E-state index in [1.807, 2.05) is 55.1 Å². The topological polar surface area (TPSA) is 81.8 Å². The van der Waals surface area contributed by atoms with Crippen molar-refractivity contribution in [2.75, 3.05) is 52.3 Å². The van der Waals surface area contributed by atoms with Crippen molar-refractivity contribution in [2.45, 2.75) is 25.8 Å². The Balaban J connectivity index is 1.82. The van der Waals surface area contributed by atoms with Crippen LogP contribution in [0, 0.1) is 0 Å². The van der Waals surface area contributed by atoms with Gasteiger partial charge in [-0.1, -0.05) is 6.08 Å². The average Bonchev–Trinajstić information content (AvgIpc) is 2.80. The molecule has 0 aromatic carbocycles. The van der Waals surface area contributed by atoms with Crippen LogP contribution in [0.25, 0.3) is 11.1 Å². The summed E-state index contributed by atoms with van der Waals surface area (Å²) in [5.74, 6) is 0.547. The predicted molar refractivity (Wildman–Crippen MR) is 127 cm³/mol. The number of anilines is 1. The molecular weight excluding hydrogens is 406 g/mol. The number of piperidine rings is 1. The van der Waals surface area contributed by atoms with Crippen LogP contribution in [0.15, 0.2) is 47.5 Å². The number of hydrogen-bond donors (Lipinski definition) is 1. The number of rotatable bonds is 8. The monoisotopic (exact) mass is 439 g/mol. The molecule has 8 heteroatoms. The summed E-state index contributed by atoms with van der Waals surface area (Å²) in [6.07, 6.45) is 8.79. The van der Waals surface area contributed by atoms with Gasteiger partial charge >= 0.3 is 0 Å². The number of amides is 1. The van der Waals surface area contributed by atoms with Crippen molar-refractivity contribution in [3.63, 3.8) is 0 Å². The zero-order valence-electron chi connectivity index (χ0n) is 19.4. The molecule has 0 aliphatic carbocycles. The third-order valence-corrected chi connectivity index (χ3v) is 5.69. The molecule has 1 saturated heterocycles. The number of hydrogen-bond acceptors (Lipinski definition) is 6. The zero-order chi connectivity index (χ0) is 23.1. The van der Waals surface area contributed by atoms with Gasteiger partial charge in [-0.2, -0.15) is 0 Å². The second kappa shape index (κ2) is 10.9. The van der Waals surface area contributed by atoms with Crippen LogP contribution in [-0.4, -0.2) is 79.1 Å². The number of pyridine rings is 2. The predicted octanol–water partition coefficient (Wildman–Crippen LogP) is 2.38. The number of carbonyl (C=O) groups excluding carboxylic acids is 1. The molecule has 32 heavy (non-hydrogen) atoms. The molecule has 172 valence electrons. The highest BCUT2D eigenvalue weighted by atomic mass is 16.5. The molecule has 1 amide bonds. The highest BCUT2D eigenvalue weighted by molar-refractivity contribution is 5.87. The van der Waals surface area contributed by atoms with Crippen LogP contribution in [-0.2, 0) is 4.79 Å². The van der Waals surface area contributed by atoms with Crippen molar-refractivity contribution >= 4 is 11.6 Å². The van der Waals surface area contributed by atoms with Crippen LogP contribution in [0.5, 0.6) is 5.88 Å². The van der Waals surface area contributed by atoms with E-state index in [9.17, 15) is 9.59 Å². The molecule has 0 spiro atoms. The fourth-order valence-corrected chi connectivity index (χ4v) is 4.06. The minimum atomic E-state index is -0.133. The maximum Gasteiger partial charge on any atom is 0.271 e. The largest absolute Gasteiger partial charge is 0.481 e. The summed E-state index contributed by atoms with van der Waals surface area (Å²) in [6, 6.07) is 5.73. The third-order valence-electron chi connectivity index (χ3n) is 5.69. The van der Waals surface area contributed by atoms with Gasteiger partial charge in [-0.25, -0.2) is 4.98 Å². The van der Waals surface area contributed by atoms with E-state index < -0.39 is 0 Å². The first-order valence-corrected chi connectivity index (χ1v) is 11.0. The van der Waals surface area contributed by atoms with Crippen molar-refractivity contribution in [1.29, 1.82) is 0 Å². The van der Waals surface area contributed by atoms with E-state index >= 15 is 0 Å². The standard InChI is InChI=1S/C24H33N5O3/c1-5-29(20-8-6-13-28(17-20)23(30)9-7-12-27(2)3)21-14-19(16-26-24(21)31)18-10-11-25-22(15-18)32-4/h7,9-11,14-16,20H,5-6,8,12-13,17H2,1-4H3,(H,26,31)/b9-7+/t20-/m0/s1. The van der Waals surface area contributed by atoms with Gasteiger partial charge in [-0.3, -0.25) is 9.59 Å². The molecule has 0 saturated carbocycles. The number of likely N-dealkylation sites (N-methyl/N-ethyl adjacent to an activating group) is 2. The molecule has 1 N–H and O–H groups in total. The van der Waals surface area contributed by atoms with Gasteiger partial charge in [0.2, 0.25) is 11.8 Å². The maximum atomic E-state index is 12.8. The van der Waals surface area contributed by atoms with E-state index in [0.29, 0.717) is 24.7 Å². The van der Waals surface area contributed by atoms with E-state index in [2.05, 4.69) is 14.9 Å². The number of H-pyrrole nitrogens is 1. The Morgan fingerprint density at radius 2 is 2.16 bits per heavy atom. The first-order valence-electron chi connectivity index (χ1n) is 11.0. The highest BCUT2D eigenvalue weighted by Gasteiger charge is 2.28. The van der Waals surface area contributed by atoms with Crippen LogP contribution in [0.1, 0.15) is 19.8 Å². The van der Waals surface area contributed by atoms with Gasteiger partial charge in [0.1, 0.15) is 5.69 Å². The minimum Gasteiger partial charge on any atom is -0.481 e. The fraction of sp³-hybridized carbons (Fsp3) is 0.458. The second-order valence-electron chi connectivity index (χ2n) is 8.22. The Morgan fingerprint density at radius 3 is 2.88 bits per heavy atom. The van der Waals surface area contributed by atoms with Crippen molar-refractivity contribution in [3.05, 3.63) is 53.1 Å². The number of ether oxygens (including phenoxy) is 1. The lowest BCUT2D eigenvalue weighted by molar-refractivity contribution is -0.127. The van der Waals surface area contributed by atoms with Crippen molar-refractivity contribution in [2.24, 2.45) is 0 Å². The minimum absolute atomic E-state index is 0.0270. The Bertz CT molecular complexity index is 1000. The summed E-state index contributed by atoms with van der Waals surface area (Å²) in [5, 5.41) is 0. The average molecular weight is 440 g/mol. The summed E-state index contributed by atoms with van der Waals surface area (Å²) < 4.78 is 5.23. The Morgan fingerprint density at radius 1 is 1.34 bits per heavy atom. The molecule has 1 aliphatic rings. The molecular formula is C24H33N5O3. The molecule has 0 bridgehead atoms. The fourth-order valence-electron chi connectivity index (χ4n) is 4.06. The van der Waals surface area contributed by atoms with Gasteiger partial charge in [0.25, 0.3) is 5.56 Å². The SMILES string of the molecule is CCN(c1cc(-c2ccnc(OC)c2)c[nH]c1=O)[C@H]1CCCN(C(=O)/C=C/CN(C)C)C1. The van der Waals surface area contributed by atoms with Crippen LogP contribution in [0.4, 0.5) is 5.69 Å². The summed E-state index contributed by atoms with van der Waals surface area (Å²) in [4.78, 5) is 38.5. The van der Waals surface area contributed by atoms with E-state index in [1.165, 1.54) is 0 Å². The van der Waals surface area contributed by atoms with Gasteiger partial charge in [0, 0.05) is 62.3 Å². The Kier molecular flexibility index (Phi) is 8.05. The smallest absolute Gasteiger partial charge is 0.271 e. The van der Waals surface area contributed by atoms with Crippen LogP contribution in [0.2, 0.25) is 0 Å². The van der Waals surface area contributed by atoms with Crippen molar-refractivity contribution in [1.82, 2.24) is 19.8 Å². The number of carbonyl (C=O) groups is 1. The van der Waals surface area contributed by atoms with E-state index in [-0.39, 0.29) is 17.5 Å². The molecule has 3 rings (SSSR count). The third kappa shape index (κ3) is 5.76. The maximum absolute atomic E-state index is 12.8. The summed E-state index contributed by atoms with van der Waals surface area (Å²) in [5.41, 5.74) is 2.28. The Hall–Kier alpha value is -3.13. The number of methoxy groups -OCH3 is 1.